The maximum atomic E-state index is 7.50. The first-order valence-corrected chi connectivity index (χ1v) is 22.3. The fourth-order valence-electron chi connectivity index (χ4n) is 5.23. The summed E-state index contributed by atoms with van der Waals surface area (Å²) in [6.07, 6.45) is 0. The summed E-state index contributed by atoms with van der Waals surface area (Å²) in [6, 6.07) is 56.8. The van der Waals surface area contributed by atoms with E-state index in [1.165, 1.54) is 54.1 Å². The van der Waals surface area contributed by atoms with Gasteiger partial charge in [0.15, 0.2) is 0 Å². The molecule has 250 valence electrons. The Balaban J connectivity index is 0.000000288. The molecule has 6 aromatic rings. The average molecular weight is 809 g/mol. The molecule has 0 amide bonds. The third kappa shape index (κ3) is 12.6. The van der Waals surface area contributed by atoms with Crippen molar-refractivity contribution >= 4 is 67.1 Å². The van der Waals surface area contributed by atoms with Gasteiger partial charge in [-0.05, 0) is 97.6 Å². The van der Waals surface area contributed by atoms with Crippen molar-refractivity contribution in [3.8, 4) is 0 Å². The van der Waals surface area contributed by atoms with Gasteiger partial charge in [0.2, 0.25) is 0 Å². The number of hydrogen-bond donors (Lipinski definition) is 0. The Hall–Kier alpha value is -3.14. The van der Waals surface area contributed by atoms with E-state index >= 15 is 0 Å². The Bertz CT molecular complexity index is 1640. The summed E-state index contributed by atoms with van der Waals surface area (Å²) in [5.41, 5.74) is 5.48. The number of hydrogen-bond acceptors (Lipinski definition) is 0. The third-order valence-corrected chi connectivity index (χ3v) is 13.0. The Morgan fingerprint density at radius 1 is 0.367 bits per heavy atom. The summed E-state index contributed by atoms with van der Waals surface area (Å²) in [5, 5.41) is 8.63. The fourth-order valence-corrected chi connectivity index (χ4v) is 10.4. The molecule has 0 radical (unpaired) electrons. The van der Waals surface area contributed by atoms with Gasteiger partial charge in [-0.2, -0.15) is 0 Å². The molecule has 0 bridgehead atoms. The second-order valence-electron chi connectivity index (χ2n) is 10.5. The molecular weight excluding hydrogens is 770 g/mol. The first-order chi connectivity index (χ1) is 24.0. The number of rotatable bonds is 6. The second kappa shape index (κ2) is 24.1. The molecule has 6 rings (SSSR count). The van der Waals surface area contributed by atoms with Crippen LogP contribution in [0.2, 0.25) is 0 Å². The van der Waals surface area contributed by atoms with Crippen LogP contribution in [0.4, 0.5) is 0 Å². The molecule has 0 unspecified atom stereocenters. The Labute approximate surface area is 310 Å². The summed E-state index contributed by atoms with van der Waals surface area (Å²) in [7, 11) is 8.73. The average Bonchev–Trinajstić information content (AvgIpc) is 3.15. The first-order valence-electron chi connectivity index (χ1n) is 15.1. The van der Waals surface area contributed by atoms with Gasteiger partial charge in [0.25, 0.3) is 0 Å². The quantitative estimate of drug-likeness (QED) is 0.0697. The van der Waals surface area contributed by atoms with Crippen molar-refractivity contribution in [1.29, 1.82) is 0 Å². The molecule has 0 aromatic heterocycles. The van der Waals surface area contributed by atoms with Gasteiger partial charge in [-0.3, -0.25) is 0 Å². The summed E-state index contributed by atoms with van der Waals surface area (Å²) in [6.45, 7) is 17.9. The zero-order chi connectivity index (χ0) is 36.0. The van der Waals surface area contributed by atoms with Gasteiger partial charge in [-0.25, -0.2) is 0 Å². The zero-order valence-corrected chi connectivity index (χ0v) is 32.9. The molecule has 0 saturated heterocycles. The molecule has 6 aromatic carbocycles. The van der Waals surface area contributed by atoms with E-state index in [-0.39, 0.29) is 15.1 Å². The second-order valence-corrected chi connectivity index (χ2v) is 17.5. The van der Waals surface area contributed by atoms with E-state index in [9.17, 15) is 0 Å². The van der Waals surface area contributed by atoms with Crippen molar-refractivity contribution in [1.82, 2.24) is 0 Å². The fraction of sp³-hybridized carbons (Fsp3) is 0.0952. The molecule has 0 aliphatic rings. The van der Waals surface area contributed by atoms with E-state index < -0.39 is 15.8 Å². The predicted octanol–water partition coefficient (Wildman–Crippen LogP) is 9.42. The maximum absolute atomic E-state index is 7.50. The molecule has 49 heavy (non-hydrogen) atoms. The van der Waals surface area contributed by atoms with E-state index in [0.717, 1.165) is 0 Å². The minimum absolute atomic E-state index is 0.346. The van der Waals surface area contributed by atoms with Gasteiger partial charge in [0.05, 0.1) is 0 Å². The van der Waals surface area contributed by atoms with Gasteiger partial charge in [0.1, 0.15) is 0 Å². The molecule has 0 heterocycles. The van der Waals surface area contributed by atoms with Crippen LogP contribution in [0.5, 0.6) is 0 Å². The van der Waals surface area contributed by atoms with E-state index in [1.807, 2.05) is 0 Å². The molecule has 2 nitrogen and oxygen atoms in total. The van der Waals surface area contributed by atoms with Gasteiger partial charge >= 0.3 is 57.1 Å². The van der Waals surface area contributed by atoms with E-state index in [4.69, 9.17) is 28.7 Å². The predicted molar refractivity (Wildman–Crippen MR) is 209 cm³/mol. The first kappa shape index (κ1) is 42.0. The zero-order valence-electron chi connectivity index (χ0n) is 27.8. The Kier molecular flexibility index (Phi) is 20.7. The summed E-state index contributed by atoms with van der Waals surface area (Å²) in [4.78, 5) is 0. The van der Waals surface area contributed by atoms with Crippen LogP contribution >= 0.6 is 35.2 Å². The van der Waals surface area contributed by atoms with Gasteiger partial charge in [-0.15, -0.1) is 0 Å². The topological polar surface area (TPSA) is 39.8 Å². The Morgan fingerprint density at radius 3 is 0.755 bits per heavy atom. The van der Waals surface area contributed by atoms with Crippen molar-refractivity contribution in [2.24, 2.45) is 0 Å². The van der Waals surface area contributed by atoms with Crippen LogP contribution in [0, 0.1) is 41.0 Å². The Morgan fingerprint density at radius 2 is 0.551 bits per heavy atom. The third-order valence-electron chi connectivity index (χ3n) is 7.45. The summed E-state index contributed by atoms with van der Waals surface area (Å²) < 4.78 is 15.0. The van der Waals surface area contributed by atoms with Crippen LogP contribution in [0.15, 0.2) is 158 Å². The van der Waals surface area contributed by atoms with Crippen LogP contribution < -0.4 is 31.8 Å². The van der Waals surface area contributed by atoms with Crippen molar-refractivity contribution in [3.63, 3.8) is 0 Å². The standard InChI is InChI=1S/2C20H19P.2CO.2ClH.Ru/c2*1-16-10-6-8-14-19(16)21(18-12-4-3-5-13-18)20-15-9-7-11-17(20)2;2*1-2;;;/h2*3-15H,1-2H3;;;2*1H;/q;;;;;;+2/p-2. The summed E-state index contributed by atoms with van der Waals surface area (Å²) in [5.74, 6) is 0. The van der Waals surface area contributed by atoms with Crippen molar-refractivity contribution in [3.05, 3.63) is 193 Å². The van der Waals surface area contributed by atoms with Crippen molar-refractivity contribution in [2.45, 2.75) is 27.7 Å². The van der Waals surface area contributed by atoms with Crippen molar-refractivity contribution < 1.29 is 24.4 Å². The molecule has 7 heteroatoms. The number of benzene rings is 6. The van der Waals surface area contributed by atoms with E-state index in [0.29, 0.717) is 0 Å². The minimum atomic E-state index is -0.488. The van der Waals surface area contributed by atoms with Gasteiger partial charge < -0.3 is 0 Å². The molecule has 0 aliphatic heterocycles. The monoisotopic (exact) mass is 808 g/mol. The van der Waals surface area contributed by atoms with Crippen LogP contribution in [-0.4, -0.2) is 0 Å². The SMILES string of the molecule is Cc1ccccc1P(c1ccccc1)c1ccccc1C.Cc1ccccc1P(c1ccccc1)c1ccccc1C.[C-]#[O+].[C-]#[O+].[Cl][Ru][Cl]. The van der Waals surface area contributed by atoms with Crippen molar-refractivity contribution in [2.75, 3.05) is 0 Å². The normalized spacial score (nSPS) is 9.80. The number of halogens is 2. The summed E-state index contributed by atoms with van der Waals surface area (Å²) >= 11 is -0.346. The molecule has 0 N–H and O–H groups in total. The molecule has 0 saturated carbocycles. The van der Waals surface area contributed by atoms with Crippen LogP contribution in [0.25, 0.3) is 0 Å². The van der Waals surface area contributed by atoms with Crippen LogP contribution in [-0.2, 0) is 24.4 Å². The molecule has 0 atom stereocenters. The van der Waals surface area contributed by atoms with Gasteiger partial charge in [-0.1, -0.05) is 158 Å². The molecule has 0 aliphatic carbocycles. The van der Waals surface area contributed by atoms with E-state index in [2.05, 4.69) is 199 Å². The number of aryl methyl sites for hydroxylation is 4. The van der Waals surface area contributed by atoms with Gasteiger partial charge in [0, 0.05) is 0 Å². The molecule has 0 spiro atoms. The molecule has 0 fully saturated rings. The van der Waals surface area contributed by atoms with E-state index in [1.54, 1.807) is 0 Å². The van der Waals surface area contributed by atoms with Crippen LogP contribution in [0.1, 0.15) is 22.3 Å². The van der Waals surface area contributed by atoms with Crippen LogP contribution in [0.3, 0.4) is 0 Å². The molecular formula is C42H38Cl2O2P2Ru.